The van der Waals surface area contributed by atoms with Crippen molar-refractivity contribution in [2.45, 2.75) is 24.1 Å². The maximum absolute atomic E-state index is 5.91. The van der Waals surface area contributed by atoms with E-state index in [1.54, 1.807) is 0 Å². The summed E-state index contributed by atoms with van der Waals surface area (Å²) in [7, 11) is 0. The molecule has 3 nitrogen and oxygen atoms in total. The number of hydrogen-bond donors (Lipinski definition) is 0. The van der Waals surface area contributed by atoms with Gasteiger partial charge in [-0.1, -0.05) is 35.0 Å². The first-order valence-corrected chi connectivity index (χ1v) is 6.12. The lowest BCUT2D eigenvalue weighted by Crippen LogP contribution is -2.00. The molecule has 1 saturated carbocycles. The Balaban J connectivity index is 2.28. The Hall–Kier alpha value is -0.190. The predicted molar refractivity (Wildman–Crippen MR) is 57.5 cm³/mol. The van der Waals surface area contributed by atoms with Gasteiger partial charge < -0.3 is 4.74 Å². The van der Waals surface area contributed by atoms with E-state index in [9.17, 15) is 0 Å². The van der Waals surface area contributed by atoms with Crippen LogP contribution in [0.3, 0.4) is 0 Å². The second kappa shape index (κ2) is 4.13. The fourth-order valence-electron chi connectivity index (χ4n) is 0.921. The maximum Gasteiger partial charge on any atom is 0.194 e. The number of halogens is 2. The smallest absolute Gasteiger partial charge is 0.194 e. The Morgan fingerprint density at radius 3 is 2.29 bits per heavy atom. The van der Waals surface area contributed by atoms with Crippen LogP contribution in [0.4, 0.5) is 0 Å². The molecule has 0 amide bonds. The zero-order valence-electron chi connectivity index (χ0n) is 7.46. The summed E-state index contributed by atoms with van der Waals surface area (Å²) >= 11 is 13.2. The molecule has 1 aromatic rings. The van der Waals surface area contributed by atoms with Gasteiger partial charge in [-0.3, -0.25) is 0 Å². The highest BCUT2D eigenvalue weighted by atomic mass is 35.5. The van der Waals surface area contributed by atoms with Crippen LogP contribution in [-0.4, -0.2) is 22.3 Å². The highest BCUT2D eigenvalue weighted by Crippen LogP contribution is 2.36. The molecule has 6 heteroatoms. The molecule has 1 aliphatic rings. The SMILES string of the molecule is CSc1nc(Cl)c(OC2CC2)c(Cl)n1. The minimum absolute atomic E-state index is 0.244. The highest BCUT2D eigenvalue weighted by Gasteiger charge is 2.26. The van der Waals surface area contributed by atoms with Gasteiger partial charge >= 0.3 is 0 Å². The first-order chi connectivity index (χ1) is 6.70. The molecule has 1 aromatic heterocycles. The van der Waals surface area contributed by atoms with Crippen molar-refractivity contribution in [3.8, 4) is 5.75 Å². The van der Waals surface area contributed by atoms with Crippen LogP contribution in [-0.2, 0) is 0 Å². The third-order valence-electron chi connectivity index (χ3n) is 1.75. The maximum atomic E-state index is 5.91. The third-order valence-corrected chi connectivity index (χ3v) is 2.81. The van der Waals surface area contributed by atoms with E-state index in [0.717, 1.165) is 12.8 Å². The van der Waals surface area contributed by atoms with E-state index in [-0.39, 0.29) is 6.10 Å². The number of nitrogens with zero attached hydrogens (tertiary/aromatic N) is 2. The molecule has 0 aromatic carbocycles. The van der Waals surface area contributed by atoms with Crippen LogP contribution < -0.4 is 4.74 Å². The minimum atomic E-state index is 0.244. The second-order valence-electron chi connectivity index (χ2n) is 2.94. The van der Waals surface area contributed by atoms with Crippen LogP contribution in [0.25, 0.3) is 0 Å². The molecule has 76 valence electrons. The van der Waals surface area contributed by atoms with Crippen LogP contribution in [0, 0.1) is 0 Å². The highest BCUT2D eigenvalue weighted by molar-refractivity contribution is 7.98. The summed E-state index contributed by atoms with van der Waals surface area (Å²) in [5.74, 6) is 0.411. The van der Waals surface area contributed by atoms with Gasteiger partial charge in [0.25, 0.3) is 0 Å². The van der Waals surface area contributed by atoms with Crippen LogP contribution in [0.15, 0.2) is 5.16 Å². The van der Waals surface area contributed by atoms with E-state index >= 15 is 0 Å². The number of rotatable bonds is 3. The van der Waals surface area contributed by atoms with Crippen molar-refractivity contribution in [2.75, 3.05) is 6.26 Å². The van der Waals surface area contributed by atoms with Gasteiger partial charge in [-0.2, -0.15) is 0 Å². The molecule has 1 heterocycles. The van der Waals surface area contributed by atoms with Crippen molar-refractivity contribution in [1.29, 1.82) is 0 Å². The van der Waals surface area contributed by atoms with Gasteiger partial charge in [-0.25, -0.2) is 9.97 Å². The van der Waals surface area contributed by atoms with Gasteiger partial charge in [0, 0.05) is 0 Å². The van der Waals surface area contributed by atoms with E-state index in [4.69, 9.17) is 27.9 Å². The molecule has 0 radical (unpaired) electrons. The number of hydrogen-bond acceptors (Lipinski definition) is 4. The van der Waals surface area contributed by atoms with Gasteiger partial charge in [-0.05, 0) is 19.1 Å². The van der Waals surface area contributed by atoms with Crippen molar-refractivity contribution in [1.82, 2.24) is 9.97 Å². The summed E-state index contributed by atoms with van der Waals surface area (Å²) in [5, 5.41) is 1.14. The second-order valence-corrected chi connectivity index (χ2v) is 4.43. The monoisotopic (exact) mass is 250 g/mol. The van der Waals surface area contributed by atoms with Crippen LogP contribution in [0.2, 0.25) is 10.3 Å². The minimum Gasteiger partial charge on any atom is -0.484 e. The molecule has 0 bridgehead atoms. The fraction of sp³-hybridized carbons (Fsp3) is 0.500. The molecule has 1 aliphatic carbocycles. The predicted octanol–water partition coefficient (Wildman–Crippen LogP) is 3.05. The Morgan fingerprint density at radius 2 is 1.86 bits per heavy atom. The Labute approximate surface area is 96.2 Å². The number of thioether (sulfide) groups is 1. The van der Waals surface area contributed by atoms with E-state index in [1.807, 2.05) is 6.26 Å². The topological polar surface area (TPSA) is 35.0 Å². The normalized spacial score (nSPS) is 15.6. The van der Waals surface area contributed by atoms with Crippen molar-refractivity contribution < 1.29 is 4.74 Å². The Bertz CT molecular complexity index is 334. The number of aromatic nitrogens is 2. The molecule has 1 fully saturated rings. The van der Waals surface area contributed by atoms with Gasteiger partial charge in [0.15, 0.2) is 21.2 Å². The molecule has 2 rings (SSSR count). The van der Waals surface area contributed by atoms with E-state index in [2.05, 4.69) is 9.97 Å². The van der Waals surface area contributed by atoms with Gasteiger partial charge in [-0.15, -0.1) is 0 Å². The summed E-state index contributed by atoms with van der Waals surface area (Å²) in [6.45, 7) is 0. The zero-order chi connectivity index (χ0) is 10.1. The lowest BCUT2D eigenvalue weighted by molar-refractivity contribution is 0.300. The molecule has 0 N–H and O–H groups in total. The van der Waals surface area contributed by atoms with Crippen molar-refractivity contribution in [3.05, 3.63) is 10.3 Å². The quantitative estimate of drug-likeness (QED) is 0.470. The average molecular weight is 251 g/mol. The summed E-state index contributed by atoms with van der Waals surface area (Å²) in [5.41, 5.74) is 0. The fourth-order valence-corrected chi connectivity index (χ4v) is 1.86. The summed E-state index contributed by atoms with van der Waals surface area (Å²) in [4.78, 5) is 8.08. The Kier molecular flexibility index (Phi) is 3.04. The summed E-state index contributed by atoms with van der Waals surface area (Å²) < 4.78 is 5.49. The molecular formula is C8H8Cl2N2OS. The van der Waals surface area contributed by atoms with Crippen LogP contribution in [0.5, 0.6) is 5.75 Å². The lowest BCUT2D eigenvalue weighted by atomic mass is 10.6. The van der Waals surface area contributed by atoms with Crippen molar-refractivity contribution >= 4 is 35.0 Å². The molecule has 14 heavy (non-hydrogen) atoms. The molecule has 0 aliphatic heterocycles. The van der Waals surface area contributed by atoms with Crippen LogP contribution >= 0.6 is 35.0 Å². The lowest BCUT2D eigenvalue weighted by Gasteiger charge is -2.07. The van der Waals surface area contributed by atoms with E-state index in [1.165, 1.54) is 11.8 Å². The molecule has 0 saturated heterocycles. The van der Waals surface area contributed by atoms with E-state index in [0.29, 0.717) is 21.2 Å². The Morgan fingerprint density at radius 1 is 1.29 bits per heavy atom. The number of ether oxygens (including phenoxy) is 1. The molecular weight excluding hydrogens is 243 g/mol. The summed E-state index contributed by atoms with van der Waals surface area (Å²) in [6.07, 6.45) is 4.21. The first kappa shape index (κ1) is 10.3. The van der Waals surface area contributed by atoms with Gasteiger partial charge in [0.05, 0.1) is 6.10 Å². The largest absolute Gasteiger partial charge is 0.484 e. The van der Waals surface area contributed by atoms with Gasteiger partial charge in [0.2, 0.25) is 0 Å². The standard InChI is InChI=1S/C8H8Cl2N2OS/c1-14-8-11-6(9)5(7(10)12-8)13-4-2-3-4/h4H,2-3H2,1H3. The summed E-state index contributed by atoms with van der Waals surface area (Å²) in [6, 6.07) is 0. The van der Waals surface area contributed by atoms with Crippen molar-refractivity contribution in [3.63, 3.8) is 0 Å². The van der Waals surface area contributed by atoms with Crippen LogP contribution in [0.1, 0.15) is 12.8 Å². The molecule has 0 spiro atoms. The molecule has 0 atom stereocenters. The first-order valence-electron chi connectivity index (χ1n) is 4.14. The van der Waals surface area contributed by atoms with Gasteiger partial charge in [0.1, 0.15) is 0 Å². The zero-order valence-corrected chi connectivity index (χ0v) is 9.79. The third kappa shape index (κ3) is 2.24. The van der Waals surface area contributed by atoms with E-state index < -0.39 is 0 Å². The van der Waals surface area contributed by atoms with Crippen molar-refractivity contribution in [2.24, 2.45) is 0 Å². The average Bonchev–Trinajstić information content (AvgIpc) is 2.94. The molecule has 0 unspecified atom stereocenters.